The first kappa shape index (κ1) is 25.3. The maximum atomic E-state index is 12.9. The summed E-state index contributed by atoms with van der Waals surface area (Å²) in [5, 5.41) is 10.6. The van der Waals surface area contributed by atoms with Gasteiger partial charge in [-0.15, -0.1) is 0 Å². The highest BCUT2D eigenvalue weighted by Gasteiger charge is 2.38. The Morgan fingerprint density at radius 1 is 1.06 bits per heavy atom. The van der Waals surface area contributed by atoms with Crippen molar-refractivity contribution >= 4 is 5.91 Å². The van der Waals surface area contributed by atoms with E-state index in [9.17, 15) is 9.90 Å². The molecule has 3 aliphatic heterocycles. The minimum Gasteiger partial charge on any atom is -0.389 e. The molecule has 4 heterocycles. The molecule has 1 amide bonds. The monoisotopic (exact) mass is 494 g/mol. The van der Waals surface area contributed by atoms with Crippen LogP contribution in [-0.2, 0) is 20.8 Å². The van der Waals surface area contributed by atoms with Crippen LogP contribution in [-0.4, -0.2) is 108 Å². The summed E-state index contributed by atoms with van der Waals surface area (Å²) in [6.07, 6.45) is 5.09. The van der Waals surface area contributed by atoms with Gasteiger partial charge in [0.15, 0.2) is 0 Å². The Balaban J connectivity index is 1.25. The zero-order valence-corrected chi connectivity index (χ0v) is 21.2. The van der Waals surface area contributed by atoms with Crippen LogP contribution in [0.1, 0.15) is 24.8 Å². The summed E-state index contributed by atoms with van der Waals surface area (Å²) in [6, 6.07) is 12.7. The molecule has 0 bridgehead atoms. The quantitative estimate of drug-likeness (QED) is 0.681. The molecule has 3 aliphatic rings. The SMILES string of the molecule is CN1CCN(C(=O)C[C@H]2CC[C@H]3[C@@H](COC[C@H](O)CN3Cc3cccc(-c4ccncc4)c3)O2)CC1. The van der Waals surface area contributed by atoms with E-state index in [-0.39, 0.29) is 24.2 Å². The number of piperazine rings is 1. The van der Waals surface area contributed by atoms with Crippen molar-refractivity contribution in [3.63, 3.8) is 0 Å². The fraction of sp³-hybridized carbons (Fsp3) is 0.571. The number of pyridine rings is 1. The Bertz CT molecular complexity index is 998. The highest BCUT2D eigenvalue weighted by Crippen LogP contribution is 2.30. The number of aliphatic hydroxyl groups is 1. The molecule has 8 heteroatoms. The minimum absolute atomic E-state index is 0.0803. The first-order valence-electron chi connectivity index (χ1n) is 13.2. The summed E-state index contributed by atoms with van der Waals surface area (Å²) in [7, 11) is 2.10. The average molecular weight is 495 g/mol. The lowest BCUT2D eigenvalue weighted by Crippen LogP contribution is -2.55. The number of carbonyl (C=O) groups excluding carboxylic acids is 1. The number of aliphatic hydroxyl groups excluding tert-OH is 1. The molecule has 36 heavy (non-hydrogen) atoms. The van der Waals surface area contributed by atoms with Crippen LogP contribution < -0.4 is 0 Å². The van der Waals surface area contributed by atoms with Gasteiger partial charge in [-0.3, -0.25) is 14.7 Å². The molecule has 1 N–H and O–H groups in total. The molecule has 0 saturated carbocycles. The summed E-state index contributed by atoms with van der Waals surface area (Å²) >= 11 is 0. The fourth-order valence-electron chi connectivity index (χ4n) is 5.64. The number of ether oxygens (including phenoxy) is 2. The molecular formula is C28H38N4O4. The molecule has 3 saturated heterocycles. The Morgan fingerprint density at radius 2 is 1.86 bits per heavy atom. The van der Waals surface area contributed by atoms with Crippen LogP contribution in [0.4, 0.5) is 0 Å². The van der Waals surface area contributed by atoms with Gasteiger partial charge >= 0.3 is 0 Å². The van der Waals surface area contributed by atoms with Crippen LogP contribution in [0.2, 0.25) is 0 Å². The Kier molecular flexibility index (Phi) is 8.29. The van der Waals surface area contributed by atoms with E-state index in [4.69, 9.17) is 9.47 Å². The lowest BCUT2D eigenvalue weighted by Gasteiger charge is -2.45. The molecule has 0 spiro atoms. The molecule has 0 unspecified atom stereocenters. The largest absolute Gasteiger partial charge is 0.389 e. The van der Waals surface area contributed by atoms with Gasteiger partial charge in [0, 0.05) is 57.7 Å². The van der Waals surface area contributed by atoms with Gasteiger partial charge < -0.3 is 24.4 Å². The summed E-state index contributed by atoms with van der Waals surface area (Å²) < 4.78 is 12.3. The van der Waals surface area contributed by atoms with E-state index in [1.165, 1.54) is 5.56 Å². The van der Waals surface area contributed by atoms with E-state index in [0.717, 1.165) is 56.7 Å². The number of rotatable bonds is 5. The van der Waals surface area contributed by atoms with Gasteiger partial charge in [0.2, 0.25) is 5.91 Å². The lowest BCUT2D eigenvalue weighted by molar-refractivity contribution is -0.161. The van der Waals surface area contributed by atoms with Crippen LogP contribution in [0.25, 0.3) is 11.1 Å². The second-order valence-electron chi connectivity index (χ2n) is 10.4. The van der Waals surface area contributed by atoms with Crippen molar-refractivity contribution in [2.24, 2.45) is 0 Å². The molecule has 5 rings (SSSR count). The van der Waals surface area contributed by atoms with E-state index < -0.39 is 6.10 Å². The third kappa shape index (κ3) is 6.30. The number of β-amino-alcohol motifs (C(OH)–C–C–N with tert-alkyl or cyclic N) is 1. The van der Waals surface area contributed by atoms with Crippen LogP contribution in [0.15, 0.2) is 48.8 Å². The number of carbonyl (C=O) groups is 1. The van der Waals surface area contributed by atoms with Crippen LogP contribution in [0, 0.1) is 0 Å². The van der Waals surface area contributed by atoms with Crippen molar-refractivity contribution in [1.29, 1.82) is 0 Å². The number of aromatic nitrogens is 1. The van der Waals surface area contributed by atoms with Crippen molar-refractivity contribution in [3.8, 4) is 11.1 Å². The molecule has 194 valence electrons. The molecule has 2 aromatic rings. The number of hydrogen-bond donors (Lipinski definition) is 1. The number of likely N-dealkylation sites (N-methyl/N-ethyl adjacent to an activating group) is 1. The minimum atomic E-state index is -0.536. The van der Waals surface area contributed by atoms with E-state index in [1.807, 2.05) is 29.4 Å². The lowest BCUT2D eigenvalue weighted by atomic mass is 9.94. The van der Waals surface area contributed by atoms with Crippen molar-refractivity contribution in [3.05, 3.63) is 54.4 Å². The van der Waals surface area contributed by atoms with Crippen molar-refractivity contribution in [2.75, 3.05) is 53.0 Å². The van der Waals surface area contributed by atoms with Crippen LogP contribution in [0.5, 0.6) is 0 Å². The smallest absolute Gasteiger partial charge is 0.225 e. The maximum absolute atomic E-state index is 12.9. The normalized spacial score (nSPS) is 28.2. The molecule has 0 radical (unpaired) electrons. The molecule has 8 nitrogen and oxygen atoms in total. The number of amides is 1. The Hall–Kier alpha value is -2.36. The predicted molar refractivity (Wildman–Crippen MR) is 137 cm³/mol. The molecule has 4 atom stereocenters. The molecule has 3 fully saturated rings. The number of hydrogen-bond acceptors (Lipinski definition) is 7. The van der Waals surface area contributed by atoms with Gasteiger partial charge in [-0.1, -0.05) is 18.2 Å². The molecule has 1 aromatic carbocycles. The van der Waals surface area contributed by atoms with E-state index in [0.29, 0.717) is 26.2 Å². The van der Waals surface area contributed by atoms with Gasteiger partial charge in [-0.2, -0.15) is 0 Å². The number of fused-ring (bicyclic) bond motifs is 1. The standard InChI is InChI=1S/C28H38N4O4/c1-30-11-13-31(14-12-30)28(34)16-25-5-6-26-27(36-25)20-35-19-24(33)18-32(26)17-21-3-2-4-23(15-21)22-7-9-29-10-8-22/h2-4,7-10,15,24-27,33H,5-6,11-14,16-20H2,1H3/t24-,25-,26+,27-/m1/s1. The number of benzene rings is 1. The molecule has 0 aliphatic carbocycles. The van der Waals surface area contributed by atoms with Gasteiger partial charge in [0.1, 0.15) is 0 Å². The molecule has 1 aromatic heterocycles. The van der Waals surface area contributed by atoms with E-state index in [1.54, 1.807) is 0 Å². The van der Waals surface area contributed by atoms with E-state index >= 15 is 0 Å². The summed E-state index contributed by atoms with van der Waals surface area (Å²) in [5.41, 5.74) is 3.49. The van der Waals surface area contributed by atoms with Crippen molar-refractivity contribution < 1.29 is 19.4 Å². The molecular weight excluding hydrogens is 456 g/mol. The zero-order chi connectivity index (χ0) is 24.9. The van der Waals surface area contributed by atoms with Crippen LogP contribution >= 0.6 is 0 Å². The first-order valence-corrected chi connectivity index (χ1v) is 13.2. The summed E-state index contributed by atoms with van der Waals surface area (Å²) in [4.78, 5) is 23.6. The third-order valence-corrected chi connectivity index (χ3v) is 7.67. The Labute approximate surface area is 213 Å². The van der Waals surface area contributed by atoms with Gasteiger partial charge in [-0.05, 0) is 54.8 Å². The van der Waals surface area contributed by atoms with Crippen LogP contribution in [0.3, 0.4) is 0 Å². The van der Waals surface area contributed by atoms with Gasteiger partial charge in [0.05, 0.1) is 37.9 Å². The van der Waals surface area contributed by atoms with E-state index in [2.05, 4.69) is 46.1 Å². The maximum Gasteiger partial charge on any atom is 0.225 e. The van der Waals surface area contributed by atoms with Crippen molar-refractivity contribution in [1.82, 2.24) is 19.7 Å². The first-order chi connectivity index (χ1) is 17.5. The third-order valence-electron chi connectivity index (χ3n) is 7.67. The number of nitrogens with zero attached hydrogens (tertiary/aromatic N) is 4. The van der Waals surface area contributed by atoms with Gasteiger partial charge in [-0.25, -0.2) is 0 Å². The second kappa shape index (κ2) is 11.8. The zero-order valence-electron chi connectivity index (χ0n) is 21.2. The summed E-state index contributed by atoms with van der Waals surface area (Å²) in [5.74, 6) is 0.193. The van der Waals surface area contributed by atoms with Gasteiger partial charge in [0.25, 0.3) is 0 Å². The fourth-order valence-corrected chi connectivity index (χ4v) is 5.64. The van der Waals surface area contributed by atoms with Crippen molar-refractivity contribution in [2.45, 2.75) is 50.2 Å². The highest BCUT2D eigenvalue weighted by atomic mass is 16.5. The topological polar surface area (TPSA) is 78.4 Å². The average Bonchev–Trinajstić information content (AvgIpc) is 2.89. The highest BCUT2D eigenvalue weighted by molar-refractivity contribution is 5.76. The Morgan fingerprint density at radius 3 is 2.67 bits per heavy atom. The predicted octanol–water partition coefficient (Wildman–Crippen LogP) is 2.02. The second-order valence-corrected chi connectivity index (χ2v) is 10.4. The summed E-state index contributed by atoms with van der Waals surface area (Å²) in [6.45, 7) is 5.44.